The average Bonchev–Trinajstić information content (AvgIpc) is 2.92. The highest BCUT2D eigenvalue weighted by molar-refractivity contribution is 5.25. The van der Waals surface area contributed by atoms with E-state index in [1.165, 1.54) is 0 Å². The van der Waals surface area contributed by atoms with E-state index in [2.05, 4.69) is 29.7 Å². The van der Waals surface area contributed by atoms with Gasteiger partial charge in [-0.25, -0.2) is 0 Å². The largest absolute Gasteiger partial charge is 0.819 e. The van der Waals surface area contributed by atoms with Crippen molar-refractivity contribution < 1.29 is 10.2 Å². The average molecular weight is 498 g/mol. The third kappa shape index (κ3) is 7.71. The molecule has 0 saturated carbocycles. The van der Waals surface area contributed by atoms with Gasteiger partial charge in [-0.2, -0.15) is 0 Å². The minimum Gasteiger partial charge on any atom is -0.819 e. The van der Waals surface area contributed by atoms with Crippen LogP contribution in [0.4, 0.5) is 0 Å². The van der Waals surface area contributed by atoms with Gasteiger partial charge in [-0.3, -0.25) is 19.9 Å². The highest BCUT2D eigenvalue weighted by atomic mass is 16.5. The van der Waals surface area contributed by atoms with Crippen LogP contribution >= 0.6 is 0 Å². The number of aromatic nitrogens is 4. The van der Waals surface area contributed by atoms with Gasteiger partial charge in [-0.15, -0.1) is 0 Å². The SMILES string of the molecule is CN(CCc1ccccn1)Cc1cccc(C([O-])(O)c2cccc(CN(C)CCc3ccccn3)n2)n1. The first kappa shape index (κ1) is 26.5. The molecule has 0 bridgehead atoms. The standard InChI is InChI=1S/C29H33N6O2/c1-34(19-15-23-9-3-5-17-30-23)21-25-11-7-13-27(32-25)29(36,37)28-14-8-12-26(33-28)22-35(2)20-16-24-10-4-6-18-31-24/h3-14,17-18,36H,15-16,19-22H2,1-2H3/q-1. The highest BCUT2D eigenvalue weighted by Crippen LogP contribution is 2.22. The Morgan fingerprint density at radius 1 is 0.649 bits per heavy atom. The van der Waals surface area contributed by atoms with Crippen LogP contribution in [0.5, 0.6) is 0 Å². The third-order valence-corrected chi connectivity index (χ3v) is 6.12. The molecule has 0 aliphatic heterocycles. The van der Waals surface area contributed by atoms with Crippen molar-refractivity contribution in [2.75, 3.05) is 27.2 Å². The summed E-state index contributed by atoms with van der Waals surface area (Å²) in [5.74, 6) is -2.55. The second kappa shape index (κ2) is 12.6. The molecule has 0 radical (unpaired) electrons. The van der Waals surface area contributed by atoms with Gasteiger partial charge in [0, 0.05) is 62.8 Å². The molecule has 4 rings (SSSR count). The summed E-state index contributed by atoms with van der Waals surface area (Å²) in [7, 11) is 3.99. The summed E-state index contributed by atoms with van der Waals surface area (Å²) in [6.45, 7) is 2.68. The van der Waals surface area contributed by atoms with Gasteiger partial charge in [0.15, 0.2) is 0 Å². The van der Waals surface area contributed by atoms with Crippen LogP contribution in [-0.4, -0.2) is 62.0 Å². The molecule has 37 heavy (non-hydrogen) atoms. The van der Waals surface area contributed by atoms with Crippen LogP contribution in [-0.2, 0) is 31.7 Å². The zero-order valence-corrected chi connectivity index (χ0v) is 21.4. The first-order valence-electron chi connectivity index (χ1n) is 12.4. The van der Waals surface area contributed by atoms with Crippen molar-refractivity contribution in [3.8, 4) is 0 Å². The van der Waals surface area contributed by atoms with Crippen molar-refractivity contribution in [3.05, 3.63) is 119 Å². The molecule has 0 aromatic carbocycles. The van der Waals surface area contributed by atoms with Gasteiger partial charge in [0.1, 0.15) is 0 Å². The van der Waals surface area contributed by atoms with Crippen molar-refractivity contribution in [1.82, 2.24) is 29.7 Å². The molecule has 8 heteroatoms. The molecular formula is C29H33N6O2-. The predicted molar refractivity (Wildman–Crippen MR) is 140 cm³/mol. The number of rotatable bonds is 12. The Morgan fingerprint density at radius 3 is 1.49 bits per heavy atom. The first-order valence-corrected chi connectivity index (χ1v) is 12.4. The summed E-state index contributed by atoms with van der Waals surface area (Å²) in [5.41, 5.74) is 3.55. The molecule has 0 spiro atoms. The van der Waals surface area contributed by atoms with Gasteiger partial charge < -0.3 is 20.0 Å². The van der Waals surface area contributed by atoms with E-state index >= 15 is 0 Å². The molecule has 0 amide bonds. The van der Waals surface area contributed by atoms with Crippen molar-refractivity contribution in [3.63, 3.8) is 0 Å². The summed E-state index contributed by atoms with van der Waals surface area (Å²) in [6, 6.07) is 22.1. The number of aliphatic hydroxyl groups is 1. The molecular weight excluding hydrogens is 464 g/mol. The molecule has 4 heterocycles. The van der Waals surface area contributed by atoms with Crippen LogP contribution in [0.3, 0.4) is 0 Å². The molecule has 0 saturated heterocycles. The monoisotopic (exact) mass is 497 g/mol. The molecule has 0 unspecified atom stereocenters. The molecule has 0 aliphatic carbocycles. The van der Waals surface area contributed by atoms with E-state index in [0.29, 0.717) is 24.5 Å². The molecule has 0 atom stereocenters. The summed E-state index contributed by atoms with van der Waals surface area (Å²) < 4.78 is 0. The predicted octanol–water partition coefficient (Wildman–Crippen LogP) is 2.17. The lowest BCUT2D eigenvalue weighted by molar-refractivity contribution is -0.544. The number of nitrogens with zero attached hydrogens (tertiary/aromatic N) is 6. The molecule has 1 N–H and O–H groups in total. The highest BCUT2D eigenvalue weighted by Gasteiger charge is 2.22. The lowest BCUT2D eigenvalue weighted by Gasteiger charge is -2.34. The number of hydrogen-bond donors (Lipinski definition) is 1. The fraction of sp³-hybridized carbons (Fsp3) is 0.310. The molecule has 0 fully saturated rings. The van der Waals surface area contributed by atoms with Crippen LogP contribution in [0.1, 0.15) is 34.2 Å². The zero-order valence-electron chi connectivity index (χ0n) is 21.4. The number of pyridine rings is 4. The Morgan fingerprint density at radius 2 is 1.08 bits per heavy atom. The van der Waals surface area contributed by atoms with Crippen LogP contribution in [0.2, 0.25) is 0 Å². The van der Waals surface area contributed by atoms with Crippen molar-refractivity contribution in [2.24, 2.45) is 0 Å². The number of likely N-dealkylation sites (N-methyl/N-ethyl adjacent to an activating group) is 2. The first-order chi connectivity index (χ1) is 17.9. The van der Waals surface area contributed by atoms with Crippen molar-refractivity contribution >= 4 is 0 Å². The summed E-state index contributed by atoms with van der Waals surface area (Å²) >= 11 is 0. The lowest BCUT2D eigenvalue weighted by atomic mass is 10.1. The van der Waals surface area contributed by atoms with E-state index in [0.717, 1.165) is 37.3 Å². The van der Waals surface area contributed by atoms with Gasteiger partial charge >= 0.3 is 0 Å². The fourth-order valence-corrected chi connectivity index (χ4v) is 4.06. The summed E-state index contributed by atoms with van der Waals surface area (Å²) in [6.07, 6.45) is 5.21. The second-order valence-corrected chi connectivity index (χ2v) is 9.29. The van der Waals surface area contributed by atoms with Gasteiger partial charge in [0.05, 0.1) is 28.6 Å². The molecule has 4 aromatic heterocycles. The minimum absolute atomic E-state index is 0.0382. The fourth-order valence-electron chi connectivity index (χ4n) is 4.06. The Kier molecular flexibility index (Phi) is 9.03. The van der Waals surface area contributed by atoms with Crippen LogP contribution in [0.25, 0.3) is 0 Å². The van der Waals surface area contributed by atoms with Crippen LogP contribution in [0, 0.1) is 0 Å². The van der Waals surface area contributed by atoms with Gasteiger partial charge in [0.25, 0.3) is 0 Å². The molecule has 8 nitrogen and oxygen atoms in total. The van der Waals surface area contributed by atoms with E-state index in [9.17, 15) is 10.2 Å². The summed E-state index contributed by atoms with van der Waals surface area (Å²) in [5, 5.41) is 24.3. The third-order valence-electron chi connectivity index (χ3n) is 6.12. The zero-order chi connectivity index (χ0) is 26.1. The Labute approximate surface area is 218 Å². The quantitative estimate of drug-likeness (QED) is 0.297. The topological polar surface area (TPSA) is 101 Å². The van der Waals surface area contributed by atoms with E-state index in [-0.39, 0.29) is 11.4 Å². The van der Waals surface area contributed by atoms with E-state index in [1.807, 2.05) is 62.6 Å². The normalized spacial score (nSPS) is 11.8. The summed E-state index contributed by atoms with van der Waals surface area (Å²) in [4.78, 5) is 21.9. The molecule has 0 aliphatic rings. The lowest BCUT2D eigenvalue weighted by Crippen LogP contribution is -2.43. The van der Waals surface area contributed by atoms with Gasteiger partial charge in [-0.05, 0) is 62.6 Å². The van der Waals surface area contributed by atoms with E-state index in [4.69, 9.17) is 0 Å². The van der Waals surface area contributed by atoms with Gasteiger partial charge in [-0.1, -0.05) is 24.3 Å². The van der Waals surface area contributed by atoms with E-state index in [1.54, 1.807) is 36.7 Å². The number of hydrogen-bond acceptors (Lipinski definition) is 8. The Bertz CT molecular complexity index is 1160. The van der Waals surface area contributed by atoms with Crippen molar-refractivity contribution in [1.29, 1.82) is 0 Å². The maximum Gasteiger partial charge on any atom is 0.0776 e. The minimum atomic E-state index is -2.55. The van der Waals surface area contributed by atoms with Crippen LogP contribution in [0.15, 0.2) is 85.2 Å². The van der Waals surface area contributed by atoms with Gasteiger partial charge in [0.2, 0.25) is 0 Å². The maximum absolute atomic E-state index is 13.4. The van der Waals surface area contributed by atoms with Crippen molar-refractivity contribution in [2.45, 2.75) is 31.7 Å². The molecule has 192 valence electrons. The Balaban J connectivity index is 1.38. The molecule has 4 aromatic rings. The second-order valence-electron chi connectivity index (χ2n) is 9.29. The Hall–Kier alpha value is -3.56. The maximum atomic E-state index is 13.4. The van der Waals surface area contributed by atoms with Crippen LogP contribution < -0.4 is 5.11 Å². The van der Waals surface area contributed by atoms with E-state index < -0.39 is 5.79 Å². The smallest absolute Gasteiger partial charge is 0.0776 e.